The van der Waals surface area contributed by atoms with Crippen LogP contribution in [0.15, 0.2) is 36.7 Å². The fourth-order valence-electron chi connectivity index (χ4n) is 1.56. The average molecular weight is 220 g/mol. The summed E-state index contributed by atoms with van der Waals surface area (Å²) in [5, 5.41) is 0.652. The number of benzene rings is 1. The third kappa shape index (κ3) is 1.81. The van der Waals surface area contributed by atoms with Crippen molar-refractivity contribution in [2.24, 2.45) is 0 Å². The smallest absolute Gasteiger partial charge is 0.161 e. The lowest BCUT2D eigenvalue weighted by Gasteiger charge is -2.03. The maximum atomic E-state index is 11.3. The van der Waals surface area contributed by atoms with Gasteiger partial charge >= 0.3 is 0 Å². The van der Waals surface area contributed by atoms with E-state index >= 15 is 0 Å². The van der Waals surface area contributed by atoms with E-state index in [1.165, 1.54) is 0 Å². The summed E-state index contributed by atoms with van der Waals surface area (Å²) in [6, 6.07) is 7.48. The van der Waals surface area contributed by atoms with E-state index in [4.69, 9.17) is 11.6 Å². The van der Waals surface area contributed by atoms with Crippen LogP contribution >= 0.6 is 11.6 Å². The van der Waals surface area contributed by atoms with Crippen LogP contribution in [-0.4, -0.2) is 10.8 Å². The molecule has 0 aliphatic heterocycles. The van der Waals surface area contributed by atoms with Gasteiger partial charge < -0.3 is 4.98 Å². The molecule has 2 rings (SSSR count). The van der Waals surface area contributed by atoms with Crippen molar-refractivity contribution in [1.82, 2.24) is 4.98 Å². The summed E-state index contributed by atoms with van der Waals surface area (Å²) >= 11 is 6.07. The first kappa shape index (κ1) is 9.99. The minimum Gasteiger partial charge on any atom is -0.366 e. The third-order valence-electron chi connectivity index (χ3n) is 2.29. The lowest BCUT2D eigenvalue weighted by Crippen LogP contribution is -1.91. The van der Waals surface area contributed by atoms with Crippen molar-refractivity contribution >= 4 is 17.4 Å². The van der Waals surface area contributed by atoms with E-state index in [1.807, 2.05) is 24.3 Å². The number of H-pyrrole nitrogens is 1. The summed E-state index contributed by atoms with van der Waals surface area (Å²) in [5.41, 5.74) is 2.40. The maximum Gasteiger partial charge on any atom is 0.161 e. The molecule has 2 aromatic rings. The Kier molecular flexibility index (Phi) is 2.60. The standard InChI is InChI=1S/C12H10ClNO/c1-8(15)10-6-14-7-11(10)9-4-2-3-5-12(9)13/h2-7,14H,1H3. The quantitative estimate of drug-likeness (QED) is 0.770. The minimum absolute atomic E-state index is 0.0335. The molecule has 0 radical (unpaired) electrons. The second-order valence-electron chi connectivity index (χ2n) is 3.32. The van der Waals surface area contributed by atoms with Crippen molar-refractivity contribution in [2.45, 2.75) is 6.92 Å². The van der Waals surface area contributed by atoms with Gasteiger partial charge in [0.2, 0.25) is 0 Å². The monoisotopic (exact) mass is 219 g/mol. The Bertz CT molecular complexity index is 502. The molecule has 1 N–H and O–H groups in total. The Morgan fingerprint density at radius 2 is 1.93 bits per heavy atom. The molecular weight excluding hydrogens is 210 g/mol. The fraction of sp³-hybridized carbons (Fsp3) is 0.0833. The van der Waals surface area contributed by atoms with Crippen LogP contribution < -0.4 is 0 Å². The molecule has 1 heterocycles. The van der Waals surface area contributed by atoms with Crippen LogP contribution in [0.25, 0.3) is 11.1 Å². The zero-order chi connectivity index (χ0) is 10.8. The second-order valence-corrected chi connectivity index (χ2v) is 3.73. The van der Waals surface area contributed by atoms with Crippen LogP contribution in [0.4, 0.5) is 0 Å². The van der Waals surface area contributed by atoms with Crippen molar-refractivity contribution in [3.63, 3.8) is 0 Å². The van der Waals surface area contributed by atoms with Crippen LogP contribution in [-0.2, 0) is 0 Å². The summed E-state index contributed by atoms with van der Waals surface area (Å²) in [6.07, 6.45) is 3.49. The van der Waals surface area contributed by atoms with E-state index in [0.717, 1.165) is 11.1 Å². The van der Waals surface area contributed by atoms with E-state index in [2.05, 4.69) is 4.98 Å². The molecule has 0 saturated carbocycles. The van der Waals surface area contributed by atoms with Gasteiger partial charge in [-0.05, 0) is 13.0 Å². The molecule has 0 aliphatic rings. The number of hydrogen-bond donors (Lipinski definition) is 1. The van der Waals surface area contributed by atoms with E-state index in [1.54, 1.807) is 19.3 Å². The van der Waals surface area contributed by atoms with E-state index in [9.17, 15) is 4.79 Å². The molecule has 1 aromatic heterocycles. The SMILES string of the molecule is CC(=O)c1c[nH]cc1-c1ccccc1Cl. The molecular formula is C12H10ClNO. The molecule has 0 bridgehead atoms. The first-order chi connectivity index (χ1) is 7.20. The first-order valence-corrected chi connectivity index (χ1v) is 5.00. The zero-order valence-electron chi connectivity index (χ0n) is 8.25. The highest BCUT2D eigenvalue weighted by atomic mass is 35.5. The number of Topliss-reactive ketones (excluding diaryl/α,β-unsaturated/α-hetero) is 1. The van der Waals surface area contributed by atoms with Gasteiger partial charge in [0.25, 0.3) is 0 Å². The largest absolute Gasteiger partial charge is 0.366 e. The molecule has 3 heteroatoms. The number of nitrogens with one attached hydrogen (secondary N) is 1. The van der Waals surface area contributed by atoms with Gasteiger partial charge in [-0.2, -0.15) is 0 Å². The molecule has 0 fully saturated rings. The summed E-state index contributed by atoms with van der Waals surface area (Å²) in [7, 11) is 0. The van der Waals surface area contributed by atoms with Crippen molar-refractivity contribution in [3.05, 3.63) is 47.2 Å². The summed E-state index contributed by atoms with van der Waals surface area (Å²) in [5.74, 6) is 0.0335. The van der Waals surface area contributed by atoms with E-state index < -0.39 is 0 Å². The highest BCUT2D eigenvalue weighted by molar-refractivity contribution is 6.33. The molecule has 0 atom stereocenters. The van der Waals surface area contributed by atoms with Gasteiger partial charge in [-0.3, -0.25) is 4.79 Å². The predicted molar refractivity (Wildman–Crippen MR) is 61.2 cm³/mol. The number of aromatic nitrogens is 1. The number of ketones is 1. The Morgan fingerprint density at radius 3 is 2.60 bits per heavy atom. The predicted octanol–water partition coefficient (Wildman–Crippen LogP) is 3.54. The molecule has 0 aliphatic carbocycles. The number of rotatable bonds is 2. The van der Waals surface area contributed by atoms with Gasteiger partial charge in [0.05, 0.1) is 0 Å². The van der Waals surface area contributed by atoms with Crippen LogP contribution in [0.3, 0.4) is 0 Å². The van der Waals surface area contributed by atoms with Gasteiger partial charge in [-0.1, -0.05) is 29.8 Å². The normalized spacial score (nSPS) is 10.3. The first-order valence-electron chi connectivity index (χ1n) is 4.63. The fourth-order valence-corrected chi connectivity index (χ4v) is 1.80. The minimum atomic E-state index is 0.0335. The van der Waals surface area contributed by atoms with Gasteiger partial charge in [0.1, 0.15) is 0 Å². The van der Waals surface area contributed by atoms with Gasteiger partial charge in [-0.25, -0.2) is 0 Å². The highest BCUT2D eigenvalue weighted by Gasteiger charge is 2.11. The maximum absolute atomic E-state index is 11.3. The van der Waals surface area contributed by atoms with E-state index in [0.29, 0.717) is 10.6 Å². The molecule has 0 unspecified atom stereocenters. The summed E-state index contributed by atoms with van der Waals surface area (Å²) in [4.78, 5) is 14.3. The van der Waals surface area contributed by atoms with Crippen molar-refractivity contribution in [2.75, 3.05) is 0 Å². The zero-order valence-corrected chi connectivity index (χ0v) is 9.01. The van der Waals surface area contributed by atoms with Gasteiger partial charge in [-0.15, -0.1) is 0 Å². The lowest BCUT2D eigenvalue weighted by molar-refractivity contribution is 0.101. The van der Waals surface area contributed by atoms with Gasteiger partial charge in [0, 0.05) is 34.1 Å². The van der Waals surface area contributed by atoms with Crippen LogP contribution in [0.1, 0.15) is 17.3 Å². The highest BCUT2D eigenvalue weighted by Crippen LogP contribution is 2.30. The average Bonchev–Trinajstić information content (AvgIpc) is 2.67. The number of carbonyl (C=O) groups is 1. The van der Waals surface area contributed by atoms with Gasteiger partial charge in [0.15, 0.2) is 5.78 Å². The Balaban J connectivity index is 2.59. The second kappa shape index (κ2) is 3.91. The molecule has 0 amide bonds. The number of aromatic amines is 1. The van der Waals surface area contributed by atoms with Crippen LogP contribution in [0.2, 0.25) is 5.02 Å². The summed E-state index contributed by atoms with van der Waals surface area (Å²) in [6.45, 7) is 1.55. The number of hydrogen-bond acceptors (Lipinski definition) is 1. The van der Waals surface area contributed by atoms with Crippen LogP contribution in [0.5, 0.6) is 0 Å². The number of carbonyl (C=O) groups excluding carboxylic acids is 1. The van der Waals surface area contributed by atoms with Crippen LogP contribution in [0, 0.1) is 0 Å². The molecule has 0 spiro atoms. The van der Waals surface area contributed by atoms with E-state index in [-0.39, 0.29) is 5.78 Å². The summed E-state index contributed by atoms with van der Waals surface area (Å²) < 4.78 is 0. The Hall–Kier alpha value is -1.54. The number of halogens is 1. The molecule has 15 heavy (non-hydrogen) atoms. The van der Waals surface area contributed by atoms with Crippen molar-refractivity contribution < 1.29 is 4.79 Å². The van der Waals surface area contributed by atoms with Crippen molar-refractivity contribution in [3.8, 4) is 11.1 Å². The molecule has 76 valence electrons. The van der Waals surface area contributed by atoms with Crippen molar-refractivity contribution in [1.29, 1.82) is 0 Å². The third-order valence-corrected chi connectivity index (χ3v) is 2.62. The Morgan fingerprint density at radius 1 is 1.20 bits per heavy atom. The Labute approximate surface area is 92.9 Å². The molecule has 2 nitrogen and oxygen atoms in total. The lowest BCUT2D eigenvalue weighted by atomic mass is 10.0. The topological polar surface area (TPSA) is 32.9 Å². The molecule has 0 saturated heterocycles. The molecule has 1 aromatic carbocycles.